The summed E-state index contributed by atoms with van der Waals surface area (Å²) in [4.78, 5) is 25.6. The maximum absolute atomic E-state index is 14.7. The molecule has 0 N–H and O–H groups in total. The summed E-state index contributed by atoms with van der Waals surface area (Å²) >= 11 is 7.48. The van der Waals surface area contributed by atoms with E-state index in [1.54, 1.807) is 0 Å². The number of halogens is 5. The van der Waals surface area contributed by atoms with Crippen LogP contribution in [0.15, 0.2) is 38.8 Å². The molecule has 164 valence electrons. The van der Waals surface area contributed by atoms with Crippen molar-refractivity contribution in [1.82, 2.24) is 9.13 Å². The Kier molecular flexibility index (Phi) is 7.29. The van der Waals surface area contributed by atoms with Crippen molar-refractivity contribution in [2.45, 2.75) is 49.9 Å². The van der Waals surface area contributed by atoms with Crippen molar-refractivity contribution in [2.75, 3.05) is 0 Å². The van der Waals surface area contributed by atoms with Crippen molar-refractivity contribution in [2.24, 2.45) is 7.05 Å². The van der Waals surface area contributed by atoms with Crippen LogP contribution in [0.1, 0.15) is 37.9 Å². The van der Waals surface area contributed by atoms with Crippen molar-refractivity contribution in [3.8, 4) is 5.69 Å². The largest absolute Gasteiger partial charge is 0.432 e. The van der Waals surface area contributed by atoms with Crippen molar-refractivity contribution >= 4 is 23.4 Å². The van der Waals surface area contributed by atoms with E-state index in [-0.39, 0.29) is 10.3 Å². The highest BCUT2D eigenvalue weighted by Crippen LogP contribution is 2.36. The minimum Gasteiger partial charge on any atom is -0.292 e. The van der Waals surface area contributed by atoms with E-state index in [4.69, 9.17) is 11.6 Å². The lowest BCUT2D eigenvalue weighted by atomic mass is 10.1. The molecule has 2 rings (SSSR count). The summed E-state index contributed by atoms with van der Waals surface area (Å²) in [5, 5.41) is 0.141. The fourth-order valence-corrected chi connectivity index (χ4v) is 4.61. The smallest absolute Gasteiger partial charge is 0.292 e. The molecule has 0 amide bonds. The second-order valence-electron chi connectivity index (χ2n) is 7.00. The van der Waals surface area contributed by atoms with E-state index in [9.17, 15) is 27.2 Å². The first-order valence-corrected chi connectivity index (χ1v) is 10.3. The summed E-state index contributed by atoms with van der Waals surface area (Å²) in [6.45, 7) is 8.65. The molecule has 2 aromatic rings. The Balaban J connectivity index is 2.73. The molecular formula is C20H21ClF4N2O2S. The molecule has 1 aromatic carbocycles. The quantitative estimate of drug-likeness (QED) is 0.322. The molecule has 0 bridgehead atoms. The molecule has 1 atom stereocenters. The van der Waals surface area contributed by atoms with Crippen molar-refractivity contribution in [3.63, 3.8) is 0 Å². The zero-order chi connectivity index (χ0) is 23.0. The molecule has 0 saturated heterocycles. The summed E-state index contributed by atoms with van der Waals surface area (Å²) in [7, 11) is 0.886. The van der Waals surface area contributed by atoms with Crippen LogP contribution in [0.5, 0.6) is 0 Å². The molecule has 1 unspecified atom stereocenters. The lowest BCUT2D eigenvalue weighted by molar-refractivity contribution is -0.144. The fourth-order valence-electron chi connectivity index (χ4n) is 3.09. The molecule has 0 aliphatic rings. The number of alkyl halides is 3. The second-order valence-corrected chi connectivity index (χ2v) is 8.75. The van der Waals surface area contributed by atoms with Gasteiger partial charge in [-0.25, -0.2) is 13.8 Å². The Morgan fingerprint density at radius 1 is 1.30 bits per heavy atom. The average molecular weight is 465 g/mol. The molecule has 10 heteroatoms. The van der Waals surface area contributed by atoms with E-state index in [0.717, 1.165) is 32.0 Å². The van der Waals surface area contributed by atoms with Crippen LogP contribution in [0.3, 0.4) is 0 Å². The molecule has 0 fully saturated rings. The minimum atomic E-state index is -4.91. The molecular weight excluding hydrogens is 444 g/mol. The monoisotopic (exact) mass is 464 g/mol. The zero-order valence-electron chi connectivity index (χ0n) is 16.9. The zero-order valence-corrected chi connectivity index (χ0v) is 18.4. The Morgan fingerprint density at radius 2 is 1.90 bits per heavy atom. The van der Waals surface area contributed by atoms with Crippen LogP contribution in [0, 0.1) is 12.7 Å². The molecule has 0 aliphatic heterocycles. The van der Waals surface area contributed by atoms with Crippen LogP contribution in [0.25, 0.3) is 5.69 Å². The topological polar surface area (TPSA) is 44.0 Å². The number of hydrogen-bond acceptors (Lipinski definition) is 3. The fraction of sp³-hybridized carbons (Fsp3) is 0.400. The number of benzene rings is 1. The van der Waals surface area contributed by atoms with Gasteiger partial charge in [0, 0.05) is 22.8 Å². The molecule has 0 saturated carbocycles. The predicted octanol–water partition coefficient (Wildman–Crippen LogP) is 5.49. The maximum Gasteiger partial charge on any atom is 0.432 e. The van der Waals surface area contributed by atoms with Gasteiger partial charge in [-0.15, -0.1) is 18.3 Å². The summed E-state index contributed by atoms with van der Waals surface area (Å²) in [5.41, 5.74) is -4.13. The molecule has 4 nitrogen and oxygen atoms in total. The van der Waals surface area contributed by atoms with Crippen LogP contribution in [-0.2, 0) is 13.2 Å². The highest BCUT2D eigenvalue weighted by Gasteiger charge is 2.38. The van der Waals surface area contributed by atoms with Gasteiger partial charge in [-0.05, 0) is 38.8 Å². The van der Waals surface area contributed by atoms with Crippen LogP contribution in [0.2, 0.25) is 5.02 Å². The molecule has 0 radical (unpaired) electrons. The Bertz CT molecular complexity index is 1070. The Morgan fingerprint density at radius 3 is 2.40 bits per heavy atom. The summed E-state index contributed by atoms with van der Waals surface area (Å²) in [6.07, 6.45) is -3.49. The van der Waals surface area contributed by atoms with Gasteiger partial charge in [-0.2, -0.15) is 13.2 Å². The third-order valence-corrected chi connectivity index (χ3v) is 6.38. The highest BCUT2D eigenvalue weighted by atomic mass is 35.5. The van der Waals surface area contributed by atoms with E-state index in [1.165, 1.54) is 17.8 Å². The number of nitrogens with zero attached hydrogens (tertiary/aromatic N) is 2. The van der Waals surface area contributed by atoms with Gasteiger partial charge in [0.1, 0.15) is 11.5 Å². The lowest BCUT2D eigenvalue weighted by Gasteiger charge is -2.19. The van der Waals surface area contributed by atoms with Crippen molar-refractivity contribution in [1.29, 1.82) is 0 Å². The third-order valence-electron chi connectivity index (χ3n) is 4.53. The van der Waals surface area contributed by atoms with E-state index in [2.05, 4.69) is 6.58 Å². The first-order chi connectivity index (χ1) is 13.8. The second kappa shape index (κ2) is 9.01. The molecule has 1 heterocycles. The van der Waals surface area contributed by atoms with Crippen molar-refractivity contribution < 1.29 is 17.6 Å². The Hall–Kier alpha value is -2.00. The van der Waals surface area contributed by atoms with Gasteiger partial charge in [-0.1, -0.05) is 24.1 Å². The number of aromatic nitrogens is 2. The summed E-state index contributed by atoms with van der Waals surface area (Å²) < 4.78 is 55.2. The van der Waals surface area contributed by atoms with Gasteiger partial charge in [0.2, 0.25) is 0 Å². The van der Waals surface area contributed by atoms with E-state index >= 15 is 0 Å². The summed E-state index contributed by atoms with van der Waals surface area (Å²) in [6, 6.07) is 2.17. The molecule has 0 aliphatic carbocycles. The van der Waals surface area contributed by atoms with E-state index < -0.39 is 40.2 Å². The number of thioether (sulfide) groups is 1. The van der Waals surface area contributed by atoms with Crippen LogP contribution in [0.4, 0.5) is 17.6 Å². The average Bonchev–Trinajstić information content (AvgIpc) is 2.61. The SMILES string of the molecule is C=C(C)CC(CC)Sc1cc(-n2c(=O)c(C)c(C(F)(F)F)n(C)c2=O)c(F)cc1Cl. The van der Waals surface area contributed by atoms with Gasteiger partial charge >= 0.3 is 11.9 Å². The van der Waals surface area contributed by atoms with Crippen LogP contribution < -0.4 is 11.2 Å². The summed E-state index contributed by atoms with van der Waals surface area (Å²) in [5.74, 6) is -0.990. The van der Waals surface area contributed by atoms with Gasteiger partial charge in [0.15, 0.2) is 0 Å². The predicted molar refractivity (Wildman–Crippen MR) is 111 cm³/mol. The van der Waals surface area contributed by atoms with E-state index in [1.807, 2.05) is 13.8 Å². The number of allylic oxidation sites excluding steroid dienone is 1. The van der Waals surface area contributed by atoms with E-state index in [0.29, 0.717) is 20.5 Å². The standard InChI is InChI=1S/C20H21ClF4N2O2S/c1-6-12(7-10(2)3)30-16-9-15(14(22)8-13(16)21)27-18(28)11(4)17(20(23,24)25)26(5)19(27)29/h8-9,12H,2,6-7H2,1,3-5H3. The van der Waals surface area contributed by atoms with Gasteiger partial charge < -0.3 is 0 Å². The third kappa shape index (κ3) is 4.83. The molecule has 30 heavy (non-hydrogen) atoms. The number of hydrogen-bond donors (Lipinski definition) is 0. The van der Waals surface area contributed by atoms with Gasteiger partial charge in [0.05, 0.1) is 10.7 Å². The lowest BCUT2D eigenvalue weighted by Crippen LogP contribution is -2.43. The van der Waals surface area contributed by atoms with Gasteiger partial charge in [0.25, 0.3) is 5.56 Å². The normalized spacial score (nSPS) is 12.8. The van der Waals surface area contributed by atoms with Gasteiger partial charge in [-0.3, -0.25) is 9.36 Å². The molecule has 0 spiro atoms. The van der Waals surface area contributed by atoms with Crippen molar-refractivity contribution in [3.05, 3.63) is 67.2 Å². The molecule has 1 aromatic heterocycles. The minimum absolute atomic E-state index is 0.0622. The van der Waals surface area contributed by atoms with Crippen LogP contribution in [-0.4, -0.2) is 14.4 Å². The Labute approximate surface area is 180 Å². The maximum atomic E-state index is 14.7. The highest BCUT2D eigenvalue weighted by molar-refractivity contribution is 8.00. The van der Waals surface area contributed by atoms with Crippen LogP contribution >= 0.6 is 23.4 Å². The first-order valence-electron chi connectivity index (χ1n) is 8.99. The first kappa shape index (κ1) is 24.3. The number of rotatable bonds is 6.